The zero-order valence-electron chi connectivity index (χ0n) is 10.3. The predicted octanol–water partition coefficient (Wildman–Crippen LogP) is 1.64. The number of ether oxygens (including phenoxy) is 1. The Morgan fingerprint density at radius 3 is 2.94 bits per heavy atom. The minimum atomic E-state index is 0.355. The quantitative estimate of drug-likeness (QED) is 0.843. The van der Waals surface area contributed by atoms with E-state index in [2.05, 4.69) is 23.4 Å². The van der Waals surface area contributed by atoms with Crippen LogP contribution < -0.4 is 5.32 Å². The van der Waals surface area contributed by atoms with Gasteiger partial charge in [0.25, 0.3) is 0 Å². The Morgan fingerprint density at radius 1 is 1.56 bits per heavy atom. The topological polar surface area (TPSA) is 39.1 Å². The highest BCUT2D eigenvalue weighted by atomic mass is 16.5. The average molecular weight is 223 g/mol. The van der Waals surface area contributed by atoms with Crippen molar-refractivity contribution in [1.29, 1.82) is 0 Å². The second-order valence-corrected chi connectivity index (χ2v) is 4.64. The van der Waals surface area contributed by atoms with Gasteiger partial charge in [-0.2, -0.15) is 5.10 Å². The lowest BCUT2D eigenvalue weighted by atomic mass is 10.1. The summed E-state index contributed by atoms with van der Waals surface area (Å²) in [7, 11) is 3.79. The molecule has 16 heavy (non-hydrogen) atoms. The molecule has 0 amide bonds. The summed E-state index contributed by atoms with van der Waals surface area (Å²) < 4.78 is 7.31. The van der Waals surface area contributed by atoms with E-state index in [0.29, 0.717) is 18.2 Å². The molecule has 1 aromatic rings. The average Bonchev–Trinajstić information content (AvgIpc) is 2.86. The molecule has 1 aliphatic rings. The molecular formula is C12H21N3O. The molecule has 1 fully saturated rings. The van der Waals surface area contributed by atoms with Crippen molar-refractivity contribution < 1.29 is 4.74 Å². The zero-order valence-corrected chi connectivity index (χ0v) is 10.3. The lowest BCUT2D eigenvalue weighted by molar-refractivity contribution is 0.106. The zero-order chi connectivity index (χ0) is 11.5. The van der Waals surface area contributed by atoms with Gasteiger partial charge in [-0.3, -0.25) is 4.68 Å². The van der Waals surface area contributed by atoms with Crippen LogP contribution in [0.15, 0.2) is 12.3 Å². The summed E-state index contributed by atoms with van der Waals surface area (Å²) in [5.41, 5.74) is 1.24. The van der Waals surface area contributed by atoms with Gasteiger partial charge in [0.15, 0.2) is 0 Å². The van der Waals surface area contributed by atoms with Crippen LogP contribution in [0.25, 0.3) is 0 Å². The van der Waals surface area contributed by atoms with Crippen molar-refractivity contribution in [1.82, 2.24) is 15.1 Å². The molecule has 4 nitrogen and oxygen atoms in total. The van der Waals surface area contributed by atoms with Crippen molar-refractivity contribution >= 4 is 0 Å². The Kier molecular flexibility index (Phi) is 3.61. The Morgan fingerprint density at radius 2 is 2.38 bits per heavy atom. The van der Waals surface area contributed by atoms with E-state index >= 15 is 0 Å². The molecule has 1 aliphatic carbocycles. The fraction of sp³-hybridized carbons (Fsp3) is 0.750. The van der Waals surface area contributed by atoms with Crippen LogP contribution in [0.3, 0.4) is 0 Å². The first kappa shape index (κ1) is 11.6. The smallest absolute Gasteiger partial charge is 0.0586 e. The molecule has 0 bridgehead atoms. The Hall–Kier alpha value is -0.870. The maximum atomic E-state index is 5.38. The molecule has 1 heterocycles. The predicted molar refractivity (Wildman–Crippen MR) is 63.2 cm³/mol. The third-order valence-corrected chi connectivity index (χ3v) is 3.51. The molecule has 0 radical (unpaired) electrons. The van der Waals surface area contributed by atoms with Crippen molar-refractivity contribution in [3.8, 4) is 0 Å². The SMILES string of the molecule is COC1CCC(NC(C)c2ccnn2C)C1. The first-order valence-corrected chi connectivity index (χ1v) is 5.97. The van der Waals surface area contributed by atoms with Crippen LogP contribution in [0, 0.1) is 0 Å². The van der Waals surface area contributed by atoms with Gasteiger partial charge >= 0.3 is 0 Å². The summed E-state index contributed by atoms with van der Waals surface area (Å²) in [4.78, 5) is 0. The van der Waals surface area contributed by atoms with Crippen molar-refractivity contribution in [2.45, 2.75) is 44.4 Å². The highest BCUT2D eigenvalue weighted by Gasteiger charge is 2.25. The van der Waals surface area contributed by atoms with E-state index in [-0.39, 0.29) is 0 Å². The molecule has 0 saturated heterocycles. The van der Waals surface area contributed by atoms with Crippen LogP contribution in [0.5, 0.6) is 0 Å². The van der Waals surface area contributed by atoms with E-state index in [0.717, 1.165) is 6.42 Å². The molecule has 1 aromatic heterocycles. The number of nitrogens with zero attached hydrogens (tertiary/aromatic N) is 2. The minimum Gasteiger partial charge on any atom is -0.381 e. The van der Waals surface area contributed by atoms with Crippen LogP contribution in [0.4, 0.5) is 0 Å². The molecule has 4 heteroatoms. The van der Waals surface area contributed by atoms with Gasteiger partial charge in [0, 0.05) is 32.4 Å². The summed E-state index contributed by atoms with van der Waals surface area (Å²) in [5.74, 6) is 0. The number of rotatable bonds is 4. The summed E-state index contributed by atoms with van der Waals surface area (Å²) in [6, 6.07) is 3.00. The standard InChI is InChI=1S/C12H21N3O/c1-9(12-6-7-13-15(12)2)14-10-4-5-11(8-10)16-3/h6-7,9-11,14H,4-5,8H2,1-3H3. The Bertz CT molecular complexity index is 337. The minimum absolute atomic E-state index is 0.355. The first-order valence-electron chi connectivity index (χ1n) is 5.97. The number of nitrogens with one attached hydrogen (secondary N) is 1. The Balaban J connectivity index is 1.89. The highest BCUT2D eigenvalue weighted by Crippen LogP contribution is 2.24. The highest BCUT2D eigenvalue weighted by molar-refractivity contribution is 5.06. The number of aromatic nitrogens is 2. The first-order chi connectivity index (χ1) is 7.70. The molecular weight excluding hydrogens is 202 g/mol. The number of hydrogen-bond donors (Lipinski definition) is 1. The van der Waals surface area contributed by atoms with Gasteiger partial charge in [-0.1, -0.05) is 0 Å². The molecule has 1 saturated carbocycles. The molecule has 0 spiro atoms. The number of aryl methyl sites for hydroxylation is 1. The van der Waals surface area contributed by atoms with Crippen LogP contribution >= 0.6 is 0 Å². The maximum Gasteiger partial charge on any atom is 0.0586 e. The molecule has 0 aromatic carbocycles. The van der Waals surface area contributed by atoms with Crippen LogP contribution in [-0.2, 0) is 11.8 Å². The van der Waals surface area contributed by atoms with Crippen LogP contribution in [0.1, 0.15) is 37.9 Å². The van der Waals surface area contributed by atoms with E-state index in [9.17, 15) is 0 Å². The van der Waals surface area contributed by atoms with E-state index in [4.69, 9.17) is 4.74 Å². The Labute approximate surface area is 97.0 Å². The second-order valence-electron chi connectivity index (χ2n) is 4.64. The lowest BCUT2D eigenvalue weighted by Crippen LogP contribution is -2.31. The second kappa shape index (κ2) is 4.97. The maximum absolute atomic E-state index is 5.38. The van der Waals surface area contributed by atoms with Gasteiger partial charge in [0.2, 0.25) is 0 Å². The van der Waals surface area contributed by atoms with Gasteiger partial charge < -0.3 is 10.1 Å². The van der Waals surface area contributed by atoms with Crippen molar-refractivity contribution in [2.75, 3.05) is 7.11 Å². The van der Waals surface area contributed by atoms with Gasteiger partial charge in [-0.25, -0.2) is 0 Å². The normalized spacial score (nSPS) is 27.2. The third kappa shape index (κ3) is 2.44. The number of hydrogen-bond acceptors (Lipinski definition) is 3. The van der Waals surface area contributed by atoms with Crippen molar-refractivity contribution in [3.63, 3.8) is 0 Å². The van der Waals surface area contributed by atoms with Gasteiger partial charge in [-0.05, 0) is 32.3 Å². The molecule has 3 atom stereocenters. The molecule has 3 unspecified atom stereocenters. The van der Waals surface area contributed by atoms with E-state index in [1.54, 1.807) is 7.11 Å². The monoisotopic (exact) mass is 223 g/mol. The summed E-state index contributed by atoms with van der Waals surface area (Å²) in [5, 5.41) is 7.84. The fourth-order valence-corrected chi connectivity index (χ4v) is 2.55. The van der Waals surface area contributed by atoms with Crippen molar-refractivity contribution in [3.05, 3.63) is 18.0 Å². The van der Waals surface area contributed by atoms with Crippen LogP contribution in [-0.4, -0.2) is 29.0 Å². The van der Waals surface area contributed by atoms with Crippen molar-refractivity contribution in [2.24, 2.45) is 7.05 Å². The van der Waals surface area contributed by atoms with Gasteiger partial charge in [0.1, 0.15) is 0 Å². The largest absolute Gasteiger partial charge is 0.381 e. The molecule has 1 N–H and O–H groups in total. The summed E-state index contributed by atoms with van der Waals surface area (Å²) in [6.45, 7) is 2.19. The molecule has 0 aliphatic heterocycles. The lowest BCUT2D eigenvalue weighted by Gasteiger charge is -2.19. The summed E-state index contributed by atoms with van der Waals surface area (Å²) in [6.07, 6.45) is 5.79. The summed E-state index contributed by atoms with van der Waals surface area (Å²) >= 11 is 0. The van der Waals surface area contributed by atoms with E-state index < -0.39 is 0 Å². The van der Waals surface area contributed by atoms with Gasteiger partial charge in [0.05, 0.1) is 11.8 Å². The number of methoxy groups -OCH3 is 1. The van der Waals surface area contributed by atoms with Crippen LogP contribution in [0.2, 0.25) is 0 Å². The third-order valence-electron chi connectivity index (χ3n) is 3.51. The van der Waals surface area contributed by atoms with E-state index in [1.807, 2.05) is 17.9 Å². The molecule has 2 rings (SSSR count). The van der Waals surface area contributed by atoms with Gasteiger partial charge in [-0.15, -0.1) is 0 Å². The molecule has 90 valence electrons. The fourth-order valence-electron chi connectivity index (χ4n) is 2.55. The van der Waals surface area contributed by atoms with E-state index in [1.165, 1.54) is 18.5 Å².